The van der Waals surface area contributed by atoms with Gasteiger partial charge in [-0.1, -0.05) is 35.5 Å². The van der Waals surface area contributed by atoms with Crippen molar-refractivity contribution in [2.24, 2.45) is 0 Å². The number of methoxy groups -OCH3 is 1. The molecule has 22 heavy (non-hydrogen) atoms. The number of benzene rings is 1. The first kappa shape index (κ1) is 16.2. The number of aromatic nitrogens is 1. The lowest BCUT2D eigenvalue weighted by Gasteiger charge is -2.21. The van der Waals surface area contributed by atoms with Crippen molar-refractivity contribution in [1.29, 1.82) is 0 Å². The van der Waals surface area contributed by atoms with E-state index < -0.39 is 0 Å². The van der Waals surface area contributed by atoms with Crippen LogP contribution in [0.1, 0.15) is 19.1 Å². The molecule has 0 N–H and O–H groups in total. The Morgan fingerprint density at radius 2 is 2.09 bits per heavy atom. The summed E-state index contributed by atoms with van der Waals surface area (Å²) in [7, 11) is 3.32. The zero-order valence-corrected chi connectivity index (χ0v) is 13.3. The lowest BCUT2D eigenvalue weighted by molar-refractivity contribution is -0.145. The molecule has 0 aliphatic carbocycles. The zero-order chi connectivity index (χ0) is 15.9. The maximum absolute atomic E-state index is 11.5. The summed E-state index contributed by atoms with van der Waals surface area (Å²) in [5.41, 5.74) is 1.90. The Labute approximate surface area is 130 Å². The molecule has 0 spiro atoms. The third-order valence-corrected chi connectivity index (χ3v) is 3.77. The third-order valence-electron chi connectivity index (χ3n) is 3.77. The predicted molar refractivity (Wildman–Crippen MR) is 84.4 cm³/mol. The Morgan fingerprint density at radius 3 is 2.77 bits per heavy atom. The van der Waals surface area contributed by atoms with E-state index in [1.807, 2.05) is 55.3 Å². The number of esters is 1. The van der Waals surface area contributed by atoms with Gasteiger partial charge in [-0.15, -0.1) is 0 Å². The number of hydrogen-bond acceptors (Lipinski definition) is 5. The number of aryl methyl sites for hydroxylation is 1. The van der Waals surface area contributed by atoms with E-state index >= 15 is 0 Å². The van der Waals surface area contributed by atoms with Crippen molar-refractivity contribution in [3.63, 3.8) is 0 Å². The van der Waals surface area contributed by atoms with Gasteiger partial charge in [0.15, 0.2) is 0 Å². The number of carbonyl (C=O) groups excluding carboxylic acids is 1. The molecule has 1 aromatic heterocycles. The van der Waals surface area contributed by atoms with Gasteiger partial charge in [-0.3, -0.25) is 9.69 Å². The number of hydrogen-bond donors (Lipinski definition) is 0. The van der Waals surface area contributed by atoms with Gasteiger partial charge in [-0.05, 0) is 26.9 Å². The van der Waals surface area contributed by atoms with Crippen LogP contribution >= 0.6 is 0 Å². The molecule has 0 radical (unpaired) electrons. The normalized spacial score (nSPS) is 12.4. The third kappa shape index (κ3) is 4.18. The summed E-state index contributed by atoms with van der Waals surface area (Å²) in [6.07, 6.45) is 1.68. The molecule has 1 heterocycles. The van der Waals surface area contributed by atoms with E-state index in [1.54, 1.807) is 0 Å². The van der Waals surface area contributed by atoms with Crippen LogP contribution in [-0.4, -0.2) is 42.8 Å². The Bertz CT molecular complexity index is 595. The summed E-state index contributed by atoms with van der Waals surface area (Å²) in [6.45, 7) is 2.63. The Kier molecular flexibility index (Phi) is 5.72. The average molecular weight is 302 g/mol. The van der Waals surface area contributed by atoms with Crippen molar-refractivity contribution in [3.8, 4) is 11.3 Å². The van der Waals surface area contributed by atoms with Crippen molar-refractivity contribution >= 4 is 5.97 Å². The van der Waals surface area contributed by atoms with E-state index in [0.717, 1.165) is 36.4 Å². The molecule has 1 unspecified atom stereocenters. The van der Waals surface area contributed by atoms with Crippen molar-refractivity contribution < 1.29 is 14.1 Å². The summed E-state index contributed by atoms with van der Waals surface area (Å²) in [5, 5.41) is 4.10. The molecule has 0 fully saturated rings. The van der Waals surface area contributed by atoms with E-state index in [-0.39, 0.29) is 12.0 Å². The van der Waals surface area contributed by atoms with Gasteiger partial charge < -0.3 is 9.26 Å². The maximum Gasteiger partial charge on any atom is 0.322 e. The molecule has 0 bridgehead atoms. The van der Waals surface area contributed by atoms with Crippen LogP contribution in [-0.2, 0) is 16.0 Å². The highest BCUT2D eigenvalue weighted by Gasteiger charge is 2.18. The fraction of sp³-hybridized carbons (Fsp3) is 0.412. The fourth-order valence-electron chi connectivity index (χ4n) is 2.22. The molecule has 1 atom stereocenters. The van der Waals surface area contributed by atoms with Crippen LogP contribution < -0.4 is 0 Å². The topological polar surface area (TPSA) is 55.6 Å². The Hall–Kier alpha value is -2.14. The van der Waals surface area contributed by atoms with Crippen LogP contribution in [0, 0.1) is 0 Å². The van der Waals surface area contributed by atoms with E-state index in [4.69, 9.17) is 9.26 Å². The lowest BCUT2D eigenvalue weighted by Crippen LogP contribution is -2.37. The first-order valence-electron chi connectivity index (χ1n) is 7.41. The van der Waals surface area contributed by atoms with Gasteiger partial charge >= 0.3 is 5.97 Å². The fourth-order valence-corrected chi connectivity index (χ4v) is 2.22. The molecular formula is C17H22N2O3. The molecule has 0 saturated heterocycles. The van der Waals surface area contributed by atoms with E-state index in [2.05, 4.69) is 5.16 Å². The van der Waals surface area contributed by atoms with E-state index in [9.17, 15) is 4.79 Å². The summed E-state index contributed by atoms with van der Waals surface area (Å²) in [5.74, 6) is 0.645. The molecule has 1 aromatic carbocycles. The Morgan fingerprint density at radius 1 is 1.36 bits per heavy atom. The van der Waals surface area contributed by atoms with Crippen LogP contribution in [0.25, 0.3) is 11.3 Å². The first-order valence-corrected chi connectivity index (χ1v) is 7.41. The van der Waals surface area contributed by atoms with Crippen molar-refractivity contribution in [1.82, 2.24) is 10.1 Å². The molecule has 0 amide bonds. The second kappa shape index (κ2) is 7.75. The quantitative estimate of drug-likeness (QED) is 0.736. The van der Waals surface area contributed by atoms with Crippen molar-refractivity contribution in [2.45, 2.75) is 25.8 Å². The Balaban J connectivity index is 1.83. The molecular weight excluding hydrogens is 280 g/mol. The monoisotopic (exact) mass is 302 g/mol. The highest BCUT2D eigenvalue weighted by atomic mass is 16.5. The molecule has 5 nitrogen and oxygen atoms in total. The van der Waals surface area contributed by atoms with E-state index in [0.29, 0.717) is 0 Å². The summed E-state index contributed by atoms with van der Waals surface area (Å²) in [6, 6.07) is 11.7. The van der Waals surface area contributed by atoms with Crippen molar-refractivity contribution in [2.75, 3.05) is 20.7 Å². The second-order valence-corrected chi connectivity index (χ2v) is 5.33. The minimum Gasteiger partial charge on any atom is -0.468 e. The van der Waals surface area contributed by atoms with Crippen LogP contribution in [0.3, 0.4) is 0 Å². The van der Waals surface area contributed by atoms with Crippen molar-refractivity contribution in [3.05, 3.63) is 42.2 Å². The standard InChI is InChI=1S/C17H22N2O3/c1-13(17(20)21-3)19(2)11-7-10-15-12-16(18-22-15)14-8-5-4-6-9-14/h4-6,8-9,12-13H,7,10-11H2,1-3H3. The molecule has 0 saturated carbocycles. The number of rotatable bonds is 7. The summed E-state index contributed by atoms with van der Waals surface area (Å²) in [4.78, 5) is 13.4. The molecule has 2 rings (SSSR count). The molecule has 0 aliphatic heterocycles. The van der Waals surface area contributed by atoms with Gasteiger partial charge in [0.1, 0.15) is 17.5 Å². The molecule has 2 aromatic rings. The second-order valence-electron chi connectivity index (χ2n) is 5.33. The molecule has 0 aliphatic rings. The number of ether oxygens (including phenoxy) is 1. The smallest absolute Gasteiger partial charge is 0.322 e. The van der Waals surface area contributed by atoms with Gasteiger partial charge in [-0.25, -0.2) is 0 Å². The average Bonchev–Trinajstić information content (AvgIpc) is 3.03. The van der Waals surface area contributed by atoms with Crippen LogP contribution in [0.15, 0.2) is 40.9 Å². The molecule has 118 valence electrons. The van der Waals surface area contributed by atoms with Crippen LogP contribution in [0.2, 0.25) is 0 Å². The molecule has 5 heteroatoms. The van der Waals surface area contributed by atoms with Gasteiger partial charge in [0.25, 0.3) is 0 Å². The van der Waals surface area contributed by atoms with Crippen LogP contribution in [0.5, 0.6) is 0 Å². The first-order chi connectivity index (χ1) is 10.6. The minimum absolute atomic E-state index is 0.214. The predicted octanol–water partition coefficient (Wildman–Crippen LogP) is 2.77. The maximum atomic E-state index is 11.5. The highest BCUT2D eigenvalue weighted by molar-refractivity contribution is 5.75. The zero-order valence-electron chi connectivity index (χ0n) is 13.3. The number of carbonyl (C=O) groups is 1. The number of likely N-dealkylation sites (N-methyl/N-ethyl adjacent to an activating group) is 1. The SMILES string of the molecule is COC(=O)C(C)N(C)CCCc1cc(-c2ccccc2)no1. The van der Waals surface area contributed by atoms with Gasteiger partial charge in [0.05, 0.1) is 7.11 Å². The van der Waals surface area contributed by atoms with Gasteiger partial charge in [0, 0.05) is 18.1 Å². The minimum atomic E-state index is -0.236. The number of nitrogens with zero attached hydrogens (tertiary/aromatic N) is 2. The van der Waals surface area contributed by atoms with E-state index in [1.165, 1.54) is 7.11 Å². The summed E-state index contributed by atoms with van der Waals surface area (Å²) < 4.78 is 10.1. The summed E-state index contributed by atoms with van der Waals surface area (Å²) >= 11 is 0. The largest absolute Gasteiger partial charge is 0.468 e. The van der Waals surface area contributed by atoms with Crippen LogP contribution in [0.4, 0.5) is 0 Å². The highest BCUT2D eigenvalue weighted by Crippen LogP contribution is 2.19. The van der Waals surface area contributed by atoms with Gasteiger partial charge in [-0.2, -0.15) is 0 Å². The van der Waals surface area contributed by atoms with Gasteiger partial charge in [0.2, 0.25) is 0 Å². The lowest BCUT2D eigenvalue weighted by atomic mass is 10.1.